The number of hydrogen-bond donors (Lipinski definition) is 0. The Morgan fingerprint density at radius 1 is 1.21 bits per heavy atom. The lowest BCUT2D eigenvalue weighted by Crippen LogP contribution is -2.00. The Morgan fingerprint density at radius 2 is 1.95 bits per heavy atom. The quantitative estimate of drug-likeness (QED) is 0.727. The number of halogens is 2. The second-order valence-electron chi connectivity index (χ2n) is 4.58. The van der Waals surface area contributed by atoms with Gasteiger partial charge in [-0.2, -0.15) is 4.98 Å². The minimum Gasteiger partial charge on any atom is -0.437 e. The average molecular weight is 342 g/mol. The highest BCUT2D eigenvalue weighted by molar-refractivity contribution is 9.10. The molecule has 1 aromatic heterocycles. The lowest BCUT2D eigenvalue weighted by molar-refractivity contribution is 0.456. The summed E-state index contributed by atoms with van der Waals surface area (Å²) in [7, 11) is 0. The van der Waals surface area contributed by atoms with E-state index in [1.165, 1.54) is 0 Å². The summed E-state index contributed by atoms with van der Waals surface area (Å²) in [6.45, 7) is 6.05. The molecule has 0 fully saturated rings. The second-order valence-corrected chi connectivity index (χ2v) is 5.80. The first-order chi connectivity index (χ1) is 8.95. The van der Waals surface area contributed by atoms with E-state index in [0.29, 0.717) is 21.3 Å². The molecule has 0 saturated carbocycles. The first-order valence-corrected chi connectivity index (χ1v) is 7.11. The lowest BCUT2D eigenvalue weighted by Gasteiger charge is -2.10. The lowest BCUT2D eigenvalue weighted by atomic mass is 10.2. The number of rotatable bonds is 3. The maximum Gasteiger partial charge on any atom is 0.223 e. The number of ether oxygens (including phenoxy) is 1. The van der Waals surface area contributed by atoms with E-state index in [1.807, 2.05) is 39.0 Å². The third-order valence-corrected chi connectivity index (χ3v) is 3.22. The highest BCUT2D eigenvalue weighted by atomic mass is 79.9. The van der Waals surface area contributed by atoms with Crippen LogP contribution in [0.25, 0.3) is 0 Å². The van der Waals surface area contributed by atoms with E-state index in [9.17, 15) is 0 Å². The van der Waals surface area contributed by atoms with Gasteiger partial charge in [-0.25, -0.2) is 4.98 Å². The van der Waals surface area contributed by atoms with Crippen molar-refractivity contribution in [3.8, 4) is 11.6 Å². The third-order valence-electron chi connectivity index (χ3n) is 2.51. The van der Waals surface area contributed by atoms with Gasteiger partial charge >= 0.3 is 0 Å². The molecule has 0 N–H and O–H groups in total. The van der Waals surface area contributed by atoms with Gasteiger partial charge in [0.05, 0.1) is 5.02 Å². The molecule has 0 aliphatic carbocycles. The highest BCUT2D eigenvalue weighted by Crippen LogP contribution is 2.30. The van der Waals surface area contributed by atoms with Crippen LogP contribution in [-0.4, -0.2) is 9.97 Å². The molecule has 2 aromatic rings. The van der Waals surface area contributed by atoms with Gasteiger partial charge in [0.25, 0.3) is 0 Å². The van der Waals surface area contributed by atoms with E-state index in [4.69, 9.17) is 16.3 Å². The van der Waals surface area contributed by atoms with Crippen molar-refractivity contribution < 1.29 is 4.74 Å². The van der Waals surface area contributed by atoms with Crippen LogP contribution in [-0.2, 0) is 0 Å². The van der Waals surface area contributed by atoms with Crippen LogP contribution in [0.5, 0.6) is 11.6 Å². The van der Waals surface area contributed by atoms with Gasteiger partial charge in [-0.15, -0.1) is 0 Å². The van der Waals surface area contributed by atoms with E-state index < -0.39 is 0 Å². The van der Waals surface area contributed by atoms with E-state index >= 15 is 0 Å². The molecular formula is C14H14BrClN2O. The monoisotopic (exact) mass is 340 g/mol. The van der Waals surface area contributed by atoms with Gasteiger partial charge in [0.15, 0.2) is 0 Å². The molecule has 1 aromatic carbocycles. The Labute approximate surface area is 126 Å². The maximum atomic E-state index is 6.11. The molecule has 2 rings (SSSR count). The zero-order valence-electron chi connectivity index (χ0n) is 10.9. The molecule has 19 heavy (non-hydrogen) atoms. The molecule has 0 spiro atoms. The zero-order chi connectivity index (χ0) is 14.0. The first-order valence-electron chi connectivity index (χ1n) is 5.94. The Balaban J connectivity index is 2.35. The van der Waals surface area contributed by atoms with Gasteiger partial charge < -0.3 is 4.74 Å². The maximum absolute atomic E-state index is 6.11. The van der Waals surface area contributed by atoms with Crippen LogP contribution in [0, 0.1) is 6.92 Å². The van der Waals surface area contributed by atoms with Crippen LogP contribution in [0.15, 0.2) is 28.9 Å². The van der Waals surface area contributed by atoms with Crippen LogP contribution in [0.4, 0.5) is 0 Å². The summed E-state index contributed by atoms with van der Waals surface area (Å²) < 4.78 is 6.45. The minimum absolute atomic E-state index is 0.229. The predicted molar refractivity (Wildman–Crippen MR) is 80.1 cm³/mol. The second kappa shape index (κ2) is 5.88. The van der Waals surface area contributed by atoms with Crippen LogP contribution in [0.1, 0.15) is 31.2 Å². The number of aromatic nitrogens is 2. The molecule has 0 amide bonds. The molecule has 0 radical (unpaired) electrons. The van der Waals surface area contributed by atoms with Crippen molar-refractivity contribution in [1.29, 1.82) is 0 Å². The van der Waals surface area contributed by atoms with E-state index in [1.54, 1.807) is 6.07 Å². The van der Waals surface area contributed by atoms with Crippen molar-refractivity contribution in [3.63, 3.8) is 0 Å². The molecule has 0 unspecified atom stereocenters. The van der Waals surface area contributed by atoms with Crippen molar-refractivity contribution in [1.82, 2.24) is 9.97 Å². The smallest absolute Gasteiger partial charge is 0.223 e. The van der Waals surface area contributed by atoms with E-state index in [-0.39, 0.29) is 5.92 Å². The fourth-order valence-electron chi connectivity index (χ4n) is 1.53. The van der Waals surface area contributed by atoms with E-state index in [0.717, 1.165) is 11.4 Å². The molecule has 0 aliphatic heterocycles. The zero-order valence-corrected chi connectivity index (χ0v) is 13.3. The number of hydrogen-bond acceptors (Lipinski definition) is 3. The average Bonchev–Trinajstić information content (AvgIpc) is 2.33. The first kappa shape index (κ1) is 14.3. The van der Waals surface area contributed by atoms with Gasteiger partial charge in [0.1, 0.15) is 16.2 Å². The largest absolute Gasteiger partial charge is 0.437 e. The molecule has 0 atom stereocenters. The molecule has 5 heteroatoms. The van der Waals surface area contributed by atoms with Crippen LogP contribution >= 0.6 is 27.5 Å². The summed E-state index contributed by atoms with van der Waals surface area (Å²) in [5.41, 5.74) is 1.08. The van der Waals surface area contributed by atoms with Crippen molar-refractivity contribution in [2.24, 2.45) is 0 Å². The molecule has 0 saturated heterocycles. The number of nitrogens with zero attached hydrogens (tertiary/aromatic N) is 2. The number of benzene rings is 1. The topological polar surface area (TPSA) is 35.0 Å². The Kier molecular flexibility index (Phi) is 4.42. The summed E-state index contributed by atoms with van der Waals surface area (Å²) in [6.07, 6.45) is 0. The summed E-state index contributed by atoms with van der Waals surface area (Å²) >= 11 is 9.47. The predicted octanol–water partition coefficient (Wildman–Crippen LogP) is 5.12. The Bertz CT molecular complexity index is 602. The van der Waals surface area contributed by atoms with Crippen LogP contribution in [0.2, 0.25) is 5.02 Å². The van der Waals surface area contributed by atoms with Crippen molar-refractivity contribution in [2.75, 3.05) is 0 Å². The normalized spacial score (nSPS) is 10.8. The van der Waals surface area contributed by atoms with Gasteiger partial charge in [0, 0.05) is 12.0 Å². The van der Waals surface area contributed by atoms with Gasteiger partial charge in [0.2, 0.25) is 5.88 Å². The van der Waals surface area contributed by atoms with Gasteiger partial charge in [-0.1, -0.05) is 31.5 Å². The molecule has 100 valence electrons. The summed E-state index contributed by atoms with van der Waals surface area (Å²) in [5, 5.41) is 0.562. The standard InChI is InChI=1S/C14H14BrClN2O/c1-8(2)14-17-12(15)7-13(18-14)19-11-6-9(3)4-5-10(11)16/h4-8H,1-3H3. The van der Waals surface area contributed by atoms with Gasteiger partial charge in [-0.3, -0.25) is 0 Å². The summed E-state index contributed by atoms with van der Waals surface area (Å²) in [6, 6.07) is 7.36. The Hall–Kier alpha value is -1.13. The van der Waals surface area contributed by atoms with Crippen LogP contribution in [0.3, 0.4) is 0 Å². The SMILES string of the molecule is Cc1ccc(Cl)c(Oc2cc(Br)nc(C(C)C)n2)c1. The fraction of sp³-hybridized carbons (Fsp3) is 0.286. The molecule has 0 bridgehead atoms. The Morgan fingerprint density at radius 3 is 2.63 bits per heavy atom. The molecule has 3 nitrogen and oxygen atoms in total. The fourth-order valence-corrected chi connectivity index (χ4v) is 2.06. The number of aryl methyl sites for hydroxylation is 1. The molecule has 1 heterocycles. The van der Waals surface area contributed by atoms with Crippen molar-refractivity contribution in [3.05, 3.63) is 45.3 Å². The summed E-state index contributed by atoms with van der Waals surface area (Å²) in [4.78, 5) is 8.68. The highest BCUT2D eigenvalue weighted by Gasteiger charge is 2.10. The summed E-state index contributed by atoms with van der Waals surface area (Å²) in [5.74, 6) is 2.04. The molecular weight excluding hydrogens is 328 g/mol. The van der Waals surface area contributed by atoms with Crippen molar-refractivity contribution >= 4 is 27.5 Å². The van der Waals surface area contributed by atoms with Crippen molar-refractivity contribution in [2.45, 2.75) is 26.7 Å². The van der Waals surface area contributed by atoms with Gasteiger partial charge in [-0.05, 0) is 40.5 Å². The van der Waals surface area contributed by atoms with Crippen LogP contribution < -0.4 is 4.74 Å². The third kappa shape index (κ3) is 3.67. The molecule has 0 aliphatic rings. The van der Waals surface area contributed by atoms with E-state index in [2.05, 4.69) is 25.9 Å². The minimum atomic E-state index is 0.229.